The molecule has 0 saturated heterocycles. The second kappa shape index (κ2) is 10.6. The molecule has 0 amide bonds. The van der Waals surface area contributed by atoms with Gasteiger partial charge < -0.3 is 4.42 Å². The Hall–Kier alpha value is -6.44. The van der Waals surface area contributed by atoms with E-state index in [2.05, 4.69) is 190 Å². The zero-order chi connectivity index (χ0) is 35.8. The van der Waals surface area contributed by atoms with Crippen LogP contribution in [-0.4, -0.2) is 0 Å². The molecule has 1 spiro atoms. The van der Waals surface area contributed by atoms with Crippen LogP contribution in [0.25, 0.3) is 55.3 Å². The number of para-hydroxylation sites is 2. The van der Waals surface area contributed by atoms with Gasteiger partial charge in [-0.25, -0.2) is 0 Å². The van der Waals surface area contributed by atoms with Crippen LogP contribution in [0.1, 0.15) is 69.8 Å². The van der Waals surface area contributed by atoms with Gasteiger partial charge in [0.1, 0.15) is 11.2 Å². The maximum Gasteiger partial charge on any atom is 0.139 e. The van der Waals surface area contributed by atoms with Crippen molar-refractivity contribution < 1.29 is 4.42 Å². The van der Waals surface area contributed by atoms with Crippen LogP contribution >= 0.6 is 0 Å². The maximum atomic E-state index is 6.87. The third-order valence-electron chi connectivity index (χ3n) is 13.1. The summed E-state index contributed by atoms with van der Waals surface area (Å²) >= 11 is 0. The van der Waals surface area contributed by atoms with Crippen molar-refractivity contribution in [1.29, 1.82) is 0 Å². The van der Waals surface area contributed by atoms with Gasteiger partial charge in [-0.15, -0.1) is 0 Å². The molecule has 0 saturated carbocycles. The van der Waals surface area contributed by atoms with Crippen molar-refractivity contribution in [2.45, 2.75) is 30.6 Å². The minimum atomic E-state index is -0.410. The number of hydrogen-bond acceptors (Lipinski definition) is 1. The number of rotatable bonds is 3. The second-order valence-corrected chi connectivity index (χ2v) is 15.9. The Balaban J connectivity index is 1.19. The minimum Gasteiger partial charge on any atom is -0.456 e. The van der Waals surface area contributed by atoms with Crippen LogP contribution in [-0.2, 0) is 10.8 Å². The molecule has 0 radical (unpaired) electrons. The molecule has 54 heavy (non-hydrogen) atoms. The summed E-state index contributed by atoms with van der Waals surface area (Å²) < 4.78 is 6.87. The first kappa shape index (κ1) is 30.1. The van der Waals surface area contributed by atoms with E-state index in [1.165, 1.54) is 83.5 Å². The van der Waals surface area contributed by atoms with Crippen molar-refractivity contribution in [1.82, 2.24) is 0 Å². The Morgan fingerprint density at radius 2 is 0.926 bits per heavy atom. The molecule has 1 nitrogen and oxygen atoms in total. The topological polar surface area (TPSA) is 13.1 Å². The Kier molecular flexibility index (Phi) is 5.89. The molecule has 0 fully saturated rings. The van der Waals surface area contributed by atoms with Crippen molar-refractivity contribution in [2.75, 3.05) is 0 Å². The van der Waals surface area contributed by atoms with Gasteiger partial charge in [0.25, 0.3) is 0 Å². The molecule has 1 atom stereocenters. The molecule has 0 aliphatic heterocycles. The van der Waals surface area contributed by atoms with Gasteiger partial charge >= 0.3 is 0 Å². The fraction of sp³-hybridized carbons (Fsp3) is 0.0943. The highest BCUT2D eigenvalue weighted by Crippen LogP contribution is 2.64. The first-order valence-corrected chi connectivity index (χ1v) is 19.1. The molecule has 0 N–H and O–H groups in total. The molecule has 3 aliphatic carbocycles. The highest BCUT2D eigenvalue weighted by atomic mass is 16.3. The molecule has 0 bridgehead atoms. The smallest absolute Gasteiger partial charge is 0.139 e. The van der Waals surface area contributed by atoms with Gasteiger partial charge in [0.05, 0.1) is 5.41 Å². The van der Waals surface area contributed by atoms with Gasteiger partial charge in [-0.05, 0) is 84.0 Å². The zero-order valence-electron chi connectivity index (χ0n) is 30.2. The Morgan fingerprint density at radius 3 is 1.67 bits per heavy atom. The number of hydrogen-bond donors (Lipinski definition) is 0. The van der Waals surface area contributed by atoms with E-state index in [1.807, 2.05) is 0 Å². The highest BCUT2D eigenvalue weighted by Gasteiger charge is 2.52. The highest BCUT2D eigenvalue weighted by molar-refractivity contribution is 6.06. The third kappa shape index (κ3) is 3.64. The molecule has 254 valence electrons. The van der Waals surface area contributed by atoms with E-state index in [0.717, 1.165) is 21.9 Å². The number of fused-ring (bicyclic) bond motifs is 16. The monoisotopic (exact) mass is 688 g/mol. The number of benzene rings is 8. The molecule has 1 heteroatoms. The van der Waals surface area contributed by atoms with Crippen molar-refractivity contribution in [2.24, 2.45) is 0 Å². The van der Waals surface area contributed by atoms with Crippen LogP contribution in [0.5, 0.6) is 0 Å². The van der Waals surface area contributed by atoms with Gasteiger partial charge in [0.2, 0.25) is 0 Å². The second-order valence-electron chi connectivity index (χ2n) is 15.9. The first-order chi connectivity index (χ1) is 26.6. The van der Waals surface area contributed by atoms with Gasteiger partial charge in [-0.3, -0.25) is 0 Å². The Bertz CT molecular complexity index is 3000. The van der Waals surface area contributed by atoms with Crippen LogP contribution in [0.3, 0.4) is 0 Å². The summed E-state index contributed by atoms with van der Waals surface area (Å²) in [5.41, 5.74) is 21.3. The average molecular weight is 689 g/mol. The quantitative estimate of drug-likeness (QED) is 0.168. The van der Waals surface area contributed by atoms with E-state index in [1.54, 1.807) is 0 Å². The summed E-state index contributed by atoms with van der Waals surface area (Å²) in [6.07, 6.45) is 0. The third-order valence-corrected chi connectivity index (χ3v) is 13.1. The normalized spacial score (nSPS) is 15.4. The lowest BCUT2D eigenvalue weighted by Crippen LogP contribution is -2.25. The van der Waals surface area contributed by atoms with Crippen LogP contribution in [0.15, 0.2) is 180 Å². The van der Waals surface area contributed by atoms with Crippen LogP contribution < -0.4 is 0 Å². The minimum absolute atomic E-state index is 0.0934. The van der Waals surface area contributed by atoms with Gasteiger partial charge in [-0.1, -0.05) is 184 Å². The standard InChI is InChI=1S/C53H36O/c1-52(2)42-23-8-3-15-33(42)36-30-29-32(31-47(36)52)49(41-22-13-20-38-37-18-7-12-28-48(37)54-51(38)41)40-21-14-27-46-50(40)39-19-6-11-26-45(39)53(46)43-24-9-4-16-34(43)35-17-5-10-25-44(35)53/h3-31,49H,1-2H3. The lowest BCUT2D eigenvalue weighted by molar-refractivity contribution is 0.656. The summed E-state index contributed by atoms with van der Waals surface area (Å²) in [5.74, 6) is -0.0934. The van der Waals surface area contributed by atoms with E-state index in [-0.39, 0.29) is 11.3 Å². The van der Waals surface area contributed by atoms with Gasteiger partial charge in [-0.2, -0.15) is 0 Å². The maximum absolute atomic E-state index is 6.87. The predicted octanol–water partition coefficient (Wildman–Crippen LogP) is 13.4. The fourth-order valence-corrected chi connectivity index (χ4v) is 10.8. The van der Waals surface area contributed by atoms with Crippen molar-refractivity contribution in [3.63, 3.8) is 0 Å². The molecule has 1 heterocycles. The zero-order valence-corrected chi connectivity index (χ0v) is 30.2. The van der Waals surface area contributed by atoms with Gasteiger partial charge in [0, 0.05) is 27.7 Å². The van der Waals surface area contributed by atoms with Crippen molar-refractivity contribution >= 4 is 21.9 Å². The van der Waals surface area contributed by atoms with Gasteiger partial charge in [0.15, 0.2) is 0 Å². The van der Waals surface area contributed by atoms with Crippen LogP contribution in [0, 0.1) is 0 Å². The summed E-state index contributed by atoms with van der Waals surface area (Å²) in [5, 5.41) is 2.31. The van der Waals surface area contributed by atoms with E-state index >= 15 is 0 Å². The SMILES string of the molecule is CC1(C)c2ccccc2-c2ccc(C(c3cccc4c3-c3ccccc3C43c4ccccc4-c4ccccc43)c3cccc4c3oc3ccccc34)cc21. The molecule has 9 aromatic rings. The van der Waals surface area contributed by atoms with E-state index in [4.69, 9.17) is 4.42 Å². The average Bonchev–Trinajstić information content (AvgIpc) is 3.91. The van der Waals surface area contributed by atoms with E-state index in [0.29, 0.717) is 0 Å². The van der Waals surface area contributed by atoms with Crippen LogP contribution in [0.2, 0.25) is 0 Å². The first-order valence-electron chi connectivity index (χ1n) is 19.1. The number of furan rings is 1. The molecule has 8 aromatic carbocycles. The summed E-state index contributed by atoms with van der Waals surface area (Å²) in [4.78, 5) is 0. The van der Waals surface area contributed by atoms with Crippen LogP contribution in [0.4, 0.5) is 0 Å². The van der Waals surface area contributed by atoms with E-state index < -0.39 is 5.41 Å². The molecular formula is C53H36O. The van der Waals surface area contributed by atoms with E-state index in [9.17, 15) is 0 Å². The lowest BCUT2D eigenvalue weighted by Gasteiger charge is -2.31. The summed E-state index contributed by atoms with van der Waals surface area (Å²) in [6.45, 7) is 4.76. The Labute approximate surface area is 315 Å². The summed E-state index contributed by atoms with van der Waals surface area (Å²) in [6, 6.07) is 65.8. The Morgan fingerprint density at radius 1 is 0.407 bits per heavy atom. The molecule has 1 aromatic heterocycles. The van der Waals surface area contributed by atoms with Crippen molar-refractivity contribution in [3.05, 3.63) is 226 Å². The van der Waals surface area contributed by atoms with Crippen molar-refractivity contribution in [3.8, 4) is 33.4 Å². The summed E-state index contributed by atoms with van der Waals surface area (Å²) in [7, 11) is 0. The molecule has 3 aliphatic rings. The predicted molar refractivity (Wildman–Crippen MR) is 221 cm³/mol. The molecule has 1 unspecified atom stereocenters. The molecular weight excluding hydrogens is 653 g/mol. The fourth-order valence-electron chi connectivity index (χ4n) is 10.8. The lowest BCUT2D eigenvalue weighted by atomic mass is 9.70. The largest absolute Gasteiger partial charge is 0.456 e. The molecule has 12 rings (SSSR count).